The number of carbonyl (C=O) groups excluding carboxylic acids is 1. The smallest absolute Gasteiger partial charge is 0.251 e. The quantitative estimate of drug-likeness (QED) is 0.498. The number of nitrogens with two attached hydrogens (primary N) is 1. The van der Waals surface area contributed by atoms with Crippen LogP contribution in [0.15, 0.2) is 24.3 Å². The Morgan fingerprint density at radius 2 is 1.80 bits per heavy atom. The first kappa shape index (κ1) is 16.7. The molecule has 0 aromatic heterocycles. The number of hydrogen-bond donors (Lipinski definition) is 2. The molecule has 0 spiro atoms. The van der Waals surface area contributed by atoms with E-state index >= 15 is 0 Å². The summed E-state index contributed by atoms with van der Waals surface area (Å²) in [5.74, 6) is -0.0937. The SMILES string of the molecule is CC(C)(C)[Si](C)(C)OCCNC(=O)c1ccc(N)cc1. The van der Waals surface area contributed by atoms with Crippen molar-refractivity contribution in [3.63, 3.8) is 0 Å². The Balaban J connectivity index is 2.38. The second-order valence-corrected chi connectivity index (χ2v) is 11.3. The van der Waals surface area contributed by atoms with Crippen LogP contribution in [0.2, 0.25) is 18.1 Å². The minimum atomic E-state index is -1.73. The molecule has 20 heavy (non-hydrogen) atoms. The third-order valence-corrected chi connectivity index (χ3v) is 8.37. The van der Waals surface area contributed by atoms with E-state index in [-0.39, 0.29) is 10.9 Å². The highest BCUT2D eigenvalue weighted by atomic mass is 28.4. The van der Waals surface area contributed by atoms with Crippen molar-refractivity contribution in [2.75, 3.05) is 18.9 Å². The molecular weight excluding hydrogens is 268 g/mol. The molecule has 3 N–H and O–H groups in total. The molecular formula is C15H26N2O2Si. The van der Waals surface area contributed by atoms with Gasteiger partial charge in [0.05, 0.1) is 6.61 Å². The van der Waals surface area contributed by atoms with Gasteiger partial charge in [-0.3, -0.25) is 4.79 Å². The number of anilines is 1. The van der Waals surface area contributed by atoms with Gasteiger partial charge in [-0.15, -0.1) is 0 Å². The van der Waals surface area contributed by atoms with Crippen molar-refractivity contribution in [2.45, 2.75) is 38.9 Å². The van der Waals surface area contributed by atoms with Crippen LogP contribution in [0.5, 0.6) is 0 Å². The van der Waals surface area contributed by atoms with E-state index in [2.05, 4.69) is 39.2 Å². The molecule has 4 nitrogen and oxygen atoms in total. The molecule has 1 aromatic rings. The summed E-state index contributed by atoms with van der Waals surface area (Å²) in [6.07, 6.45) is 0. The average Bonchev–Trinajstić information content (AvgIpc) is 2.34. The van der Waals surface area contributed by atoms with Gasteiger partial charge in [-0.05, 0) is 42.4 Å². The topological polar surface area (TPSA) is 64.3 Å². The summed E-state index contributed by atoms with van der Waals surface area (Å²) >= 11 is 0. The molecule has 0 saturated carbocycles. The first-order valence-electron chi connectivity index (χ1n) is 6.91. The minimum Gasteiger partial charge on any atom is -0.415 e. The van der Waals surface area contributed by atoms with Crippen LogP contribution >= 0.6 is 0 Å². The molecule has 0 heterocycles. The molecule has 5 heteroatoms. The molecule has 0 saturated heterocycles. The summed E-state index contributed by atoms with van der Waals surface area (Å²) in [5.41, 5.74) is 6.86. The van der Waals surface area contributed by atoms with Crippen LogP contribution in [0.1, 0.15) is 31.1 Å². The summed E-state index contributed by atoms with van der Waals surface area (Å²) in [4.78, 5) is 11.9. The van der Waals surface area contributed by atoms with Gasteiger partial charge in [0.2, 0.25) is 0 Å². The Kier molecular flexibility index (Phi) is 5.36. The molecule has 0 bridgehead atoms. The third-order valence-electron chi connectivity index (χ3n) is 3.83. The maximum Gasteiger partial charge on any atom is 0.251 e. The minimum absolute atomic E-state index is 0.0937. The fourth-order valence-electron chi connectivity index (χ4n) is 1.42. The van der Waals surface area contributed by atoms with E-state index in [1.165, 1.54) is 0 Å². The summed E-state index contributed by atoms with van der Waals surface area (Å²) in [5, 5.41) is 3.05. The maximum absolute atomic E-state index is 11.9. The molecule has 1 amide bonds. The standard InChI is InChI=1S/C15H26N2O2Si/c1-15(2,3)20(4,5)19-11-10-17-14(18)12-6-8-13(16)9-7-12/h6-9H,10-11,16H2,1-5H3,(H,17,18). The van der Waals surface area contributed by atoms with E-state index in [4.69, 9.17) is 10.2 Å². The predicted molar refractivity (Wildman–Crippen MR) is 86.3 cm³/mol. The molecule has 0 fully saturated rings. The molecule has 0 aliphatic heterocycles. The van der Waals surface area contributed by atoms with E-state index in [1.54, 1.807) is 24.3 Å². The van der Waals surface area contributed by atoms with Crippen LogP contribution in [0.3, 0.4) is 0 Å². The lowest BCUT2D eigenvalue weighted by molar-refractivity contribution is 0.0946. The van der Waals surface area contributed by atoms with Crippen molar-refractivity contribution in [3.05, 3.63) is 29.8 Å². The van der Waals surface area contributed by atoms with Crippen molar-refractivity contribution < 1.29 is 9.22 Å². The van der Waals surface area contributed by atoms with E-state index in [1.807, 2.05) is 0 Å². The van der Waals surface area contributed by atoms with Crippen LogP contribution in [-0.2, 0) is 4.43 Å². The summed E-state index contributed by atoms with van der Waals surface area (Å²) < 4.78 is 6.00. The number of amides is 1. The fraction of sp³-hybridized carbons (Fsp3) is 0.533. The zero-order valence-electron chi connectivity index (χ0n) is 13.1. The van der Waals surface area contributed by atoms with Crippen LogP contribution in [-0.4, -0.2) is 27.4 Å². The highest BCUT2D eigenvalue weighted by molar-refractivity contribution is 6.74. The van der Waals surface area contributed by atoms with Gasteiger partial charge < -0.3 is 15.5 Å². The van der Waals surface area contributed by atoms with Gasteiger partial charge in [0.15, 0.2) is 8.32 Å². The van der Waals surface area contributed by atoms with Gasteiger partial charge in [-0.25, -0.2) is 0 Å². The Morgan fingerprint density at radius 1 is 1.25 bits per heavy atom. The first-order chi connectivity index (χ1) is 9.13. The lowest BCUT2D eigenvalue weighted by atomic mass is 10.2. The van der Waals surface area contributed by atoms with E-state index in [0.717, 1.165) is 0 Å². The Labute approximate surface area is 122 Å². The Morgan fingerprint density at radius 3 is 2.30 bits per heavy atom. The zero-order valence-corrected chi connectivity index (χ0v) is 14.1. The van der Waals surface area contributed by atoms with Crippen LogP contribution in [0, 0.1) is 0 Å². The number of nitrogens with one attached hydrogen (secondary N) is 1. The second-order valence-electron chi connectivity index (χ2n) is 6.49. The van der Waals surface area contributed by atoms with Gasteiger partial charge in [-0.2, -0.15) is 0 Å². The summed E-state index contributed by atoms with van der Waals surface area (Å²) in [6.45, 7) is 12.1. The molecule has 0 aliphatic rings. The third kappa shape index (κ3) is 4.65. The lowest BCUT2D eigenvalue weighted by Gasteiger charge is -2.36. The van der Waals surface area contributed by atoms with Gasteiger partial charge in [-0.1, -0.05) is 20.8 Å². The van der Waals surface area contributed by atoms with Crippen molar-refractivity contribution >= 4 is 19.9 Å². The largest absolute Gasteiger partial charge is 0.415 e. The number of hydrogen-bond acceptors (Lipinski definition) is 3. The predicted octanol–water partition coefficient (Wildman–Crippen LogP) is 3.02. The normalized spacial score (nSPS) is 12.2. The second kappa shape index (κ2) is 6.41. The van der Waals surface area contributed by atoms with Crippen molar-refractivity contribution in [2.24, 2.45) is 0 Å². The average molecular weight is 294 g/mol. The Bertz CT molecular complexity index is 450. The van der Waals surface area contributed by atoms with E-state index in [9.17, 15) is 4.79 Å². The number of carbonyl (C=O) groups is 1. The van der Waals surface area contributed by atoms with Crippen LogP contribution in [0.25, 0.3) is 0 Å². The monoisotopic (exact) mass is 294 g/mol. The number of rotatable bonds is 5. The van der Waals surface area contributed by atoms with Crippen LogP contribution in [0.4, 0.5) is 5.69 Å². The molecule has 0 unspecified atom stereocenters. The number of benzene rings is 1. The van der Waals surface area contributed by atoms with Crippen molar-refractivity contribution in [3.8, 4) is 0 Å². The van der Waals surface area contributed by atoms with Crippen molar-refractivity contribution in [1.82, 2.24) is 5.32 Å². The van der Waals surface area contributed by atoms with E-state index in [0.29, 0.717) is 24.4 Å². The van der Waals surface area contributed by atoms with Crippen LogP contribution < -0.4 is 11.1 Å². The van der Waals surface area contributed by atoms with E-state index < -0.39 is 8.32 Å². The highest BCUT2D eigenvalue weighted by Gasteiger charge is 2.36. The van der Waals surface area contributed by atoms with Gasteiger partial charge in [0.1, 0.15) is 0 Å². The molecule has 0 radical (unpaired) electrons. The Hall–Kier alpha value is -1.33. The maximum atomic E-state index is 11.9. The van der Waals surface area contributed by atoms with Crippen molar-refractivity contribution in [1.29, 1.82) is 0 Å². The molecule has 1 rings (SSSR count). The first-order valence-corrected chi connectivity index (χ1v) is 9.82. The summed E-state index contributed by atoms with van der Waals surface area (Å²) in [7, 11) is -1.73. The molecule has 1 aromatic carbocycles. The number of nitrogen functional groups attached to an aromatic ring is 1. The van der Waals surface area contributed by atoms with Gasteiger partial charge >= 0.3 is 0 Å². The fourth-order valence-corrected chi connectivity index (χ4v) is 2.47. The zero-order chi connectivity index (χ0) is 15.4. The molecule has 0 atom stereocenters. The van der Waals surface area contributed by atoms with Gasteiger partial charge in [0.25, 0.3) is 5.91 Å². The van der Waals surface area contributed by atoms with Gasteiger partial charge in [0, 0.05) is 17.8 Å². The molecule has 112 valence electrons. The summed E-state index contributed by atoms with van der Waals surface area (Å²) in [6, 6.07) is 6.89. The molecule has 0 aliphatic carbocycles. The lowest BCUT2D eigenvalue weighted by Crippen LogP contribution is -2.42. The highest BCUT2D eigenvalue weighted by Crippen LogP contribution is 2.36.